The van der Waals surface area contributed by atoms with Crippen molar-refractivity contribution in [1.82, 2.24) is 4.98 Å². The molecule has 1 unspecified atom stereocenters. The zero-order valence-corrected chi connectivity index (χ0v) is 18.6. The van der Waals surface area contributed by atoms with Gasteiger partial charge in [0.1, 0.15) is 11.5 Å². The summed E-state index contributed by atoms with van der Waals surface area (Å²) in [5.41, 5.74) is 1.44. The van der Waals surface area contributed by atoms with Gasteiger partial charge in [0, 0.05) is 28.1 Å². The zero-order chi connectivity index (χ0) is 22.1. The molecule has 0 aliphatic carbocycles. The number of amides is 1. The SMILES string of the molecule is COc1cc(/C(O)=C2\C(=O)C(=O)N(c3cccc(Br)c3)C2c2ccncc2)ccc1Cl. The number of pyridine rings is 1. The molecule has 0 radical (unpaired) electrons. The largest absolute Gasteiger partial charge is 0.507 e. The van der Waals surface area contributed by atoms with Crippen LogP contribution in [0.2, 0.25) is 5.02 Å². The Morgan fingerprint density at radius 3 is 2.55 bits per heavy atom. The summed E-state index contributed by atoms with van der Waals surface area (Å²) in [5, 5.41) is 11.5. The number of anilines is 1. The third-order valence-electron chi connectivity index (χ3n) is 4.98. The van der Waals surface area contributed by atoms with E-state index >= 15 is 0 Å². The number of hydrogen-bond acceptors (Lipinski definition) is 5. The van der Waals surface area contributed by atoms with Gasteiger partial charge in [-0.3, -0.25) is 19.5 Å². The third kappa shape index (κ3) is 3.82. The number of methoxy groups -OCH3 is 1. The first-order chi connectivity index (χ1) is 14.9. The molecule has 0 bridgehead atoms. The fourth-order valence-corrected chi connectivity index (χ4v) is 4.13. The van der Waals surface area contributed by atoms with Gasteiger partial charge in [0.2, 0.25) is 0 Å². The van der Waals surface area contributed by atoms with Gasteiger partial charge in [0.25, 0.3) is 11.7 Å². The molecule has 4 rings (SSSR count). The lowest BCUT2D eigenvalue weighted by atomic mass is 9.95. The molecule has 1 saturated heterocycles. The van der Waals surface area contributed by atoms with Crippen LogP contribution in [-0.4, -0.2) is 28.9 Å². The molecule has 2 aromatic carbocycles. The highest BCUT2D eigenvalue weighted by Gasteiger charge is 2.47. The van der Waals surface area contributed by atoms with Crippen molar-refractivity contribution in [2.45, 2.75) is 6.04 Å². The summed E-state index contributed by atoms with van der Waals surface area (Å²) in [6, 6.07) is 14.3. The van der Waals surface area contributed by atoms with Crippen molar-refractivity contribution in [2.75, 3.05) is 12.0 Å². The average molecular weight is 500 g/mol. The number of aliphatic hydroxyl groups is 1. The molecule has 1 amide bonds. The van der Waals surface area contributed by atoms with Gasteiger partial charge in [-0.05, 0) is 54.1 Å². The molecule has 1 aliphatic rings. The van der Waals surface area contributed by atoms with Crippen molar-refractivity contribution < 1.29 is 19.4 Å². The Bertz CT molecular complexity index is 1210. The number of rotatable bonds is 4. The predicted octanol–water partition coefficient (Wildman–Crippen LogP) is 5.13. The van der Waals surface area contributed by atoms with Gasteiger partial charge < -0.3 is 9.84 Å². The van der Waals surface area contributed by atoms with Gasteiger partial charge in [-0.15, -0.1) is 0 Å². The number of aromatic nitrogens is 1. The summed E-state index contributed by atoms with van der Waals surface area (Å²) in [5.74, 6) is -1.49. The normalized spacial score (nSPS) is 17.8. The van der Waals surface area contributed by atoms with Crippen LogP contribution < -0.4 is 9.64 Å². The monoisotopic (exact) mass is 498 g/mol. The molecular formula is C23H16BrClN2O4. The standard InChI is InChI=1S/C23H16BrClN2O4/c1-31-18-11-14(5-6-17(18)25)21(28)19-20(13-7-9-26-10-8-13)27(23(30)22(19)29)16-4-2-3-15(24)12-16/h2-12,20,28H,1H3/b21-19+. The van der Waals surface area contributed by atoms with E-state index in [1.807, 2.05) is 6.07 Å². The van der Waals surface area contributed by atoms with Crippen LogP contribution in [0.25, 0.3) is 5.76 Å². The second kappa shape index (κ2) is 8.53. The lowest BCUT2D eigenvalue weighted by molar-refractivity contribution is -0.132. The van der Waals surface area contributed by atoms with Gasteiger partial charge in [0.15, 0.2) is 0 Å². The van der Waals surface area contributed by atoms with Gasteiger partial charge in [-0.2, -0.15) is 0 Å². The van der Waals surface area contributed by atoms with Crippen molar-refractivity contribution in [3.05, 3.63) is 93.2 Å². The maximum Gasteiger partial charge on any atom is 0.300 e. The number of nitrogens with zero attached hydrogens (tertiary/aromatic N) is 2. The molecule has 6 nitrogen and oxygen atoms in total. The first kappa shape index (κ1) is 21.1. The maximum atomic E-state index is 13.1. The van der Waals surface area contributed by atoms with Crippen molar-refractivity contribution >= 4 is 50.7 Å². The number of Topliss-reactive ketones (excluding diaryl/α,β-unsaturated/α-hetero) is 1. The number of carbonyl (C=O) groups is 2. The van der Waals surface area contributed by atoms with Crippen LogP contribution in [0.3, 0.4) is 0 Å². The van der Waals surface area contributed by atoms with Gasteiger partial charge >= 0.3 is 0 Å². The van der Waals surface area contributed by atoms with Crippen molar-refractivity contribution in [2.24, 2.45) is 0 Å². The quantitative estimate of drug-likeness (QED) is 0.306. The summed E-state index contributed by atoms with van der Waals surface area (Å²) >= 11 is 9.49. The molecule has 31 heavy (non-hydrogen) atoms. The first-order valence-electron chi connectivity index (χ1n) is 9.22. The molecule has 156 valence electrons. The number of aliphatic hydroxyl groups excluding tert-OH is 1. The molecule has 1 aliphatic heterocycles. The average Bonchev–Trinajstić information content (AvgIpc) is 3.05. The lowest BCUT2D eigenvalue weighted by Gasteiger charge is -2.25. The number of ketones is 1. The van der Waals surface area contributed by atoms with E-state index in [9.17, 15) is 14.7 Å². The van der Waals surface area contributed by atoms with E-state index in [4.69, 9.17) is 16.3 Å². The van der Waals surface area contributed by atoms with E-state index in [1.165, 1.54) is 18.1 Å². The number of benzene rings is 2. The van der Waals surface area contributed by atoms with Gasteiger partial charge in [0.05, 0.1) is 23.7 Å². The minimum Gasteiger partial charge on any atom is -0.507 e. The second-order valence-electron chi connectivity index (χ2n) is 6.78. The zero-order valence-electron chi connectivity index (χ0n) is 16.3. The fourth-order valence-electron chi connectivity index (χ4n) is 3.55. The number of halogens is 2. The van der Waals surface area contributed by atoms with Gasteiger partial charge in [-0.1, -0.05) is 33.6 Å². The Labute approximate surface area is 191 Å². The van der Waals surface area contributed by atoms with Gasteiger partial charge in [-0.25, -0.2) is 0 Å². The highest BCUT2D eigenvalue weighted by molar-refractivity contribution is 9.10. The molecule has 0 spiro atoms. The van der Waals surface area contributed by atoms with Crippen LogP contribution in [-0.2, 0) is 9.59 Å². The first-order valence-corrected chi connectivity index (χ1v) is 10.4. The minimum atomic E-state index is -0.834. The maximum absolute atomic E-state index is 13.1. The van der Waals surface area contributed by atoms with E-state index in [0.717, 1.165) is 4.47 Å². The molecule has 2 heterocycles. The summed E-state index contributed by atoms with van der Waals surface area (Å²) in [7, 11) is 1.45. The van der Waals surface area contributed by atoms with Crippen LogP contribution in [0.15, 0.2) is 77.0 Å². The van der Waals surface area contributed by atoms with Crippen LogP contribution in [0, 0.1) is 0 Å². The molecular weight excluding hydrogens is 484 g/mol. The Balaban J connectivity index is 1.95. The highest BCUT2D eigenvalue weighted by atomic mass is 79.9. The topological polar surface area (TPSA) is 79.7 Å². The highest BCUT2D eigenvalue weighted by Crippen LogP contribution is 2.43. The molecule has 8 heteroatoms. The lowest BCUT2D eigenvalue weighted by Crippen LogP contribution is -2.29. The molecule has 1 aromatic heterocycles. The van der Waals surface area contributed by atoms with Crippen LogP contribution in [0.4, 0.5) is 5.69 Å². The van der Waals surface area contributed by atoms with Crippen LogP contribution >= 0.6 is 27.5 Å². The summed E-state index contributed by atoms with van der Waals surface area (Å²) < 4.78 is 5.97. The van der Waals surface area contributed by atoms with Crippen molar-refractivity contribution in [3.63, 3.8) is 0 Å². The van der Waals surface area contributed by atoms with Crippen molar-refractivity contribution in [3.8, 4) is 5.75 Å². The second-order valence-corrected chi connectivity index (χ2v) is 8.10. The van der Waals surface area contributed by atoms with Crippen molar-refractivity contribution in [1.29, 1.82) is 0 Å². The van der Waals surface area contributed by atoms with E-state index in [-0.39, 0.29) is 11.3 Å². The molecule has 1 atom stereocenters. The number of ether oxygens (including phenoxy) is 1. The Hall–Kier alpha value is -3.16. The summed E-state index contributed by atoms with van der Waals surface area (Å²) in [6.45, 7) is 0. The fraction of sp³-hybridized carbons (Fsp3) is 0.0870. The smallest absolute Gasteiger partial charge is 0.300 e. The number of carbonyl (C=O) groups excluding carboxylic acids is 2. The van der Waals surface area contributed by atoms with E-state index < -0.39 is 17.7 Å². The number of hydrogen-bond donors (Lipinski definition) is 1. The Morgan fingerprint density at radius 2 is 1.87 bits per heavy atom. The Kier molecular flexibility index (Phi) is 5.80. The minimum absolute atomic E-state index is 0.0273. The van der Waals surface area contributed by atoms with E-state index in [2.05, 4.69) is 20.9 Å². The Morgan fingerprint density at radius 1 is 1.13 bits per heavy atom. The van der Waals surface area contributed by atoms with E-state index in [1.54, 1.807) is 54.9 Å². The third-order valence-corrected chi connectivity index (χ3v) is 5.78. The summed E-state index contributed by atoms with van der Waals surface area (Å²) in [4.78, 5) is 31.6. The molecule has 1 fully saturated rings. The predicted molar refractivity (Wildman–Crippen MR) is 121 cm³/mol. The molecule has 3 aromatic rings. The van der Waals surface area contributed by atoms with E-state index in [0.29, 0.717) is 27.6 Å². The van der Waals surface area contributed by atoms with Crippen LogP contribution in [0.5, 0.6) is 5.75 Å². The summed E-state index contributed by atoms with van der Waals surface area (Å²) in [6.07, 6.45) is 3.14. The molecule has 1 N–H and O–H groups in total. The van der Waals surface area contributed by atoms with Crippen LogP contribution in [0.1, 0.15) is 17.2 Å². The molecule has 0 saturated carbocycles.